The van der Waals surface area contributed by atoms with Gasteiger partial charge in [-0.1, -0.05) is 6.07 Å². The number of phenols is 2. The lowest BCUT2D eigenvalue weighted by molar-refractivity contribution is 0.153. The van der Waals surface area contributed by atoms with Crippen molar-refractivity contribution in [3.63, 3.8) is 0 Å². The minimum atomic E-state index is -0.827. The van der Waals surface area contributed by atoms with Crippen LogP contribution in [0.1, 0.15) is 18.6 Å². The zero-order chi connectivity index (χ0) is 10.0. The zero-order valence-corrected chi connectivity index (χ0v) is 7.31. The molecule has 5 N–H and O–H groups in total. The standard InChI is InChI=1S/C9H13NO3/c1-5(10)9(13)6-2-3-7(11)8(12)4-6/h2-5,9,11-13H,10H2,1H3/t5?,9-/m0/s1. The molecule has 0 bridgehead atoms. The molecule has 0 aromatic heterocycles. The molecule has 0 fully saturated rings. The van der Waals surface area contributed by atoms with Crippen molar-refractivity contribution in [1.82, 2.24) is 0 Å². The van der Waals surface area contributed by atoms with E-state index in [9.17, 15) is 5.11 Å². The second-order valence-corrected chi connectivity index (χ2v) is 3.05. The van der Waals surface area contributed by atoms with Gasteiger partial charge in [0.1, 0.15) is 0 Å². The molecule has 0 saturated heterocycles. The molecule has 0 spiro atoms. The highest BCUT2D eigenvalue weighted by atomic mass is 16.3. The average Bonchev–Trinajstić information content (AvgIpc) is 2.08. The molecule has 0 radical (unpaired) electrons. The van der Waals surface area contributed by atoms with Crippen molar-refractivity contribution < 1.29 is 15.3 Å². The van der Waals surface area contributed by atoms with E-state index in [-0.39, 0.29) is 11.5 Å². The van der Waals surface area contributed by atoms with Gasteiger partial charge in [0, 0.05) is 6.04 Å². The van der Waals surface area contributed by atoms with Gasteiger partial charge < -0.3 is 21.1 Å². The topological polar surface area (TPSA) is 86.7 Å². The Bertz CT molecular complexity index is 299. The molecule has 0 heterocycles. The molecular formula is C9H13NO3. The lowest BCUT2D eigenvalue weighted by atomic mass is 10.0. The largest absolute Gasteiger partial charge is 0.504 e. The third kappa shape index (κ3) is 2.11. The number of rotatable bonds is 2. The summed E-state index contributed by atoms with van der Waals surface area (Å²) in [6.45, 7) is 1.66. The summed E-state index contributed by atoms with van der Waals surface area (Å²) in [5, 5.41) is 27.6. The van der Waals surface area contributed by atoms with E-state index in [1.54, 1.807) is 6.92 Å². The third-order valence-corrected chi connectivity index (χ3v) is 1.84. The fourth-order valence-corrected chi connectivity index (χ4v) is 1.03. The van der Waals surface area contributed by atoms with Crippen LogP contribution in [0.3, 0.4) is 0 Å². The van der Waals surface area contributed by atoms with Crippen molar-refractivity contribution in [2.45, 2.75) is 19.1 Å². The quantitative estimate of drug-likeness (QED) is 0.502. The van der Waals surface area contributed by atoms with Crippen LogP contribution in [0.2, 0.25) is 0 Å². The van der Waals surface area contributed by atoms with Gasteiger partial charge in [0.25, 0.3) is 0 Å². The summed E-state index contributed by atoms with van der Waals surface area (Å²) in [7, 11) is 0. The van der Waals surface area contributed by atoms with Crippen LogP contribution in [0, 0.1) is 0 Å². The summed E-state index contributed by atoms with van der Waals surface area (Å²) in [6, 6.07) is 3.71. The van der Waals surface area contributed by atoms with E-state index >= 15 is 0 Å². The maximum Gasteiger partial charge on any atom is 0.157 e. The predicted molar refractivity (Wildman–Crippen MR) is 48.4 cm³/mol. The lowest BCUT2D eigenvalue weighted by Crippen LogP contribution is -2.24. The minimum absolute atomic E-state index is 0.208. The molecule has 1 aromatic rings. The first kappa shape index (κ1) is 9.83. The summed E-state index contributed by atoms with van der Waals surface area (Å²) >= 11 is 0. The van der Waals surface area contributed by atoms with Gasteiger partial charge in [-0.25, -0.2) is 0 Å². The van der Waals surface area contributed by atoms with E-state index < -0.39 is 12.1 Å². The zero-order valence-electron chi connectivity index (χ0n) is 7.31. The highest BCUT2D eigenvalue weighted by molar-refractivity contribution is 5.41. The smallest absolute Gasteiger partial charge is 0.157 e. The number of hydrogen-bond donors (Lipinski definition) is 4. The Morgan fingerprint density at radius 2 is 1.85 bits per heavy atom. The van der Waals surface area contributed by atoms with E-state index in [0.29, 0.717) is 5.56 Å². The average molecular weight is 183 g/mol. The molecule has 1 aromatic carbocycles. The SMILES string of the molecule is CC(N)[C@H](O)c1ccc(O)c(O)c1. The number of benzene rings is 1. The van der Waals surface area contributed by atoms with Crippen molar-refractivity contribution in [1.29, 1.82) is 0 Å². The maximum atomic E-state index is 9.50. The molecule has 0 aliphatic heterocycles. The van der Waals surface area contributed by atoms with Crippen LogP contribution in [0.15, 0.2) is 18.2 Å². The molecule has 13 heavy (non-hydrogen) atoms. The summed E-state index contributed by atoms with van der Waals surface area (Å²) in [5.74, 6) is -0.460. The molecule has 4 nitrogen and oxygen atoms in total. The summed E-state index contributed by atoms with van der Waals surface area (Å²) in [6.07, 6.45) is -0.827. The van der Waals surface area contributed by atoms with E-state index in [1.165, 1.54) is 18.2 Å². The van der Waals surface area contributed by atoms with Crippen LogP contribution < -0.4 is 5.73 Å². The highest BCUT2D eigenvalue weighted by Crippen LogP contribution is 2.28. The monoisotopic (exact) mass is 183 g/mol. The van der Waals surface area contributed by atoms with Crippen molar-refractivity contribution in [2.75, 3.05) is 0 Å². The normalized spacial score (nSPS) is 15.3. The molecule has 2 atom stereocenters. The third-order valence-electron chi connectivity index (χ3n) is 1.84. The summed E-state index contributed by atoms with van der Waals surface area (Å²) < 4.78 is 0. The first-order valence-electron chi connectivity index (χ1n) is 3.98. The van der Waals surface area contributed by atoms with Gasteiger partial charge in [0.15, 0.2) is 11.5 Å². The van der Waals surface area contributed by atoms with Crippen molar-refractivity contribution >= 4 is 0 Å². The van der Waals surface area contributed by atoms with Crippen LogP contribution in [0.4, 0.5) is 0 Å². The molecule has 0 saturated carbocycles. The van der Waals surface area contributed by atoms with Crippen LogP contribution >= 0.6 is 0 Å². The first-order valence-corrected chi connectivity index (χ1v) is 3.98. The number of hydrogen-bond acceptors (Lipinski definition) is 4. The first-order chi connectivity index (χ1) is 6.02. The van der Waals surface area contributed by atoms with Gasteiger partial charge in [0.05, 0.1) is 6.10 Å². The van der Waals surface area contributed by atoms with Gasteiger partial charge in [-0.3, -0.25) is 0 Å². The van der Waals surface area contributed by atoms with E-state index in [4.69, 9.17) is 15.9 Å². The van der Waals surface area contributed by atoms with Gasteiger partial charge in [-0.2, -0.15) is 0 Å². The van der Waals surface area contributed by atoms with Gasteiger partial charge in [0.2, 0.25) is 0 Å². The predicted octanol–water partition coefficient (Wildman–Crippen LogP) is 0.478. The Balaban J connectivity index is 2.97. The number of aliphatic hydroxyl groups is 1. The van der Waals surface area contributed by atoms with Crippen molar-refractivity contribution in [3.8, 4) is 11.5 Å². The molecule has 72 valence electrons. The van der Waals surface area contributed by atoms with E-state index in [0.717, 1.165) is 0 Å². The Hall–Kier alpha value is -1.26. The van der Waals surface area contributed by atoms with Crippen LogP contribution in [-0.2, 0) is 0 Å². The van der Waals surface area contributed by atoms with Crippen molar-refractivity contribution in [2.24, 2.45) is 5.73 Å². The number of aliphatic hydroxyl groups excluding tert-OH is 1. The van der Waals surface area contributed by atoms with Crippen LogP contribution in [0.25, 0.3) is 0 Å². The number of aromatic hydroxyl groups is 2. The highest BCUT2D eigenvalue weighted by Gasteiger charge is 2.13. The van der Waals surface area contributed by atoms with Crippen LogP contribution in [0.5, 0.6) is 11.5 Å². The fraction of sp³-hybridized carbons (Fsp3) is 0.333. The molecule has 1 unspecified atom stereocenters. The molecule has 4 heteroatoms. The van der Waals surface area contributed by atoms with E-state index in [1.807, 2.05) is 0 Å². The maximum absolute atomic E-state index is 9.50. The number of phenolic OH excluding ortho intramolecular Hbond substituents is 2. The van der Waals surface area contributed by atoms with Gasteiger partial charge in [-0.15, -0.1) is 0 Å². The Labute approximate surface area is 76.2 Å². The Morgan fingerprint density at radius 1 is 1.23 bits per heavy atom. The minimum Gasteiger partial charge on any atom is -0.504 e. The van der Waals surface area contributed by atoms with E-state index in [2.05, 4.69) is 0 Å². The van der Waals surface area contributed by atoms with Gasteiger partial charge >= 0.3 is 0 Å². The Kier molecular flexibility index (Phi) is 2.75. The molecule has 0 aliphatic carbocycles. The Morgan fingerprint density at radius 3 is 2.31 bits per heavy atom. The lowest BCUT2D eigenvalue weighted by Gasteiger charge is -2.14. The molecule has 0 aliphatic rings. The second kappa shape index (κ2) is 3.64. The molecule has 0 amide bonds. The second-order valence-electron chi connectivity index (χ2n) is 3.05. The number of nitrogens with two attached hydrogens (primary N) is 1. The summed E-state index contributed by atoms with van der Waals surface area (Å²) in [4.78, 5) is 0. The molecule has 1 rings (SSSR count). The summed E-state index contributed by atoms with van der Waals surface area (Å²) in [5.41, 5.74) is 5.95. The molecular weight excluding hydrogens is 170 g/mol. The van der Waals surface area contributed by atoms with Crippen LogP contribution in [-0.4, -0.2) is 21.4 Å². The fourth-order valence-electron chi connectivity index (χ4n) is 1.03. The van der Waals surface area contributed by atoms with Gasteiger partial charge in [-0.05, 0) is 24.6 Å². The van der Waals surface area contributed by atoms with Crippen molar-refractivity contribution in [3.05, 3.63) is 23.8 Å².